The number of epoxide rings is 1. The van der Waals surface area contributed by atoms with Crippen LogP contribution in [-0.4, -0.2) is 90.8 Å². The van der Waals surface area contributed by atoms with E-state index in [0.717, 1.165) is 60.8 Å². The number of benzene rings is 5. The van der Waals surface area contributed by atoms with Crippen LogP contribution in [0.25, 0.3) is 0 Å². The van der Waals surface area contributed by atoms with E-state index in [9.17, 15) is 40.9 Å². The van der Waals surface area contributed by atoms with Crippen LogP contribution >= 0.6 is 19.5 Å². The molecule has 10 rings (SSSR count). The maximum atomic E-state index is 12.9. The predicted octanol–water partition coefficient (Wildman–Crippen LogP) is 12.7. The molecule has 5 fully saturated rings. The fourth-order valence-electron chi connectivity index (χ4n) is 9.29. The molecule has 86 heavy (non-hydrogen) atoms. The number of carboxylic acid groups (broad SMARTS) is 1. The maximum absolute atomic E-state index is 12.9. The van der Waals surface area contributed by atoms with Gasteiger partial charge in [-0.2, -0.15) is 0 Å². The number of hydrogen-bond acceptors (Lipinski definition) is 11. The van der Waals surface area contributed by atoms with Crippen LogP contribution in [0, 0.1) is 45.3 Å². The quantitative estimate of drug-likeness (QED) is 0.0331. The number of carbonyl (C=O) groups excluding carboxylic acids is 2. The topological polar surface area (TPSA) is 205 Å². The van der Waals surface area contributed by atoms with Crippen molar-refractivity contribution in [1.29, 1.82) is 0 Å². The van der Waals surface area contributed by atoms with Crippen molar-refractivity contribution in [3.05, 3.63) is 178 Å². The number of carbonyl (C=O) groups is 3. The monoisotopic (exact) mass is 1270 g/mol. The molecule has 5 aliphatic rings. The average Bonchev–Trinajstić information content (AvgIpc) is 1.92. The predicted molar refractivity (Wildman–Crippen MR) is 326 cm³/mol. The summed E-state index contributed by atoms with van der Waals surface area (Å²) in [6.07, 6.45) is 4.06. The third-order valence-electron chi connectivity index (χ3n) is 15.3. The molecule has 0 spiro atoms. The molecule has 12 nitrogen and oxygen atoms in total. The molecule has 1 heterocycles. The second-order valence-corrected chi connectivity index (χ2v) is 27.5. The van der Waals surface area contributed by atoms with E-state index in [0.29, 0.717) is 37.9 Å². The van der Waals surface area contributed by atoms with Gasteiger partial charge in [-0.05, 0) is 201 Å². The van der Waals surface area contributed by atoms with Crippen molar-refractivity contribution >= 4 is 37.5 Å². The minimum Gasteiger partial charge on any atom is -0.870 e. The smallest absolute Gasteiger partial charge is 0.870 e. The van der Waals surface area contributed by atoms with Crippen molar-refractivity contribution in [3.63, 3.8) is 0 Å². The largest absolute Gasteiger partial charge is 1.00 e. The van der Waals surface area contributed by atoms with Crippen LogP contribution in [0.1, 0.15) is 166 Å². The molecule has 0 radical (unpaired) electrons. The van der Waals surface area contributed by atoms with Crippen molar-refractivity contribution in [2.24, 2.45) is 22.0 Å². The number of nitrogens with two attached hydrogens (primary N) is 1. The second kappa shape index (κ2) is 35.5. The molecule has 4 aliphatic carbocycles. The minimum atomic E-state index is -2.00. The molecular weight excluding hydrogens is 1180 g/mol. The number of aliphatic hydroxyl groups excluding tert-OH is 1. The molecule has 0 bridgehead atoms. The zero-order chi connectivity index (χ0) is 61.6. The average molecular weight is 1270 g/mol. The summed E-state index contributed by atoms with van der Waals surface area (Å²) in [5, 5.41) is 15.9. The summed E-state index contributed by atoms with van der Waals surface area (Å²) in [5.41, 5.74) is 9.55. The first-order chi connectivity index (χ1) is 38.2. The van der Waals surface area contributed by atoms with Crippen molar-refractivity contribution in [2.45, 2.75) is 156 Å². The first kappa shape index (κ1) is 82.1. The van der Waals surface area contributed by atoms with E-state index in [1.165, 1.54) is 60.7 Å². The van der Waals surface area contributed by atoms with E-state index >= 15 is 0 Å². The van der Waals surface area contributed by atoms with E-state index in [1.54, 1.807) is 75.7 Å². The molecule has 1 unspecified atom stereocenters. The SMILES string of the molecule is C.CC(C)(C)OC(=O)C[C@]1(C)C[C@H]1c1ccc(F)cc1.CCOC(=O)[C@]1(C)C[C@H]1c1ccc(F)cc1.CCOC(C)P(C)(C)=O.CO.C[C@@]1(C(=O)O)C[C@H]1c1ccc(F)cc1.C[C@@]1(N)C[C@H]1c1ccc(F)cc1.Cl.Fc1ccc([C@H]2CO2)cc1.[K+].[OH-]. The Bertz CT molecular complexity index is 2890. The fraction of sp³-hybridized carbons (Fsp3) is 0.500. The Morgan fingerprint density at radius 2 is 0.953 bits per heavy atom. The number of ether oxygens (including phenoxy) is 4. The standard InChI is InChI=1S/C16H21FO2.C13H15FO2.C11H11FO2.C10H12FN.C8H7FO.C6H15O2P.CH4O.CH4.ClH.K.H2O/c1-15(2,3)19-14(18)10-16(4)9-13(16)11-5-7-12(17)8-6-11;1-3-16-12(15)13(2)8-11(13)9-4-6-10(14)7-5-9;1-11(10(13)14)6-9(11)7-2-4-8(12)5-3-7;1-10(12)6-9(10)7-2-4-8(11)5-3-7;9-7-3-1-6(2-4-7)8-5-10-8;1-5-8-6(2)9(3,4)7;1-2;;;;/h5-8,13H,9-10H2,1-4H3;4-7,11H,3,8H2,1-2H3;2-5,9H,6H2,1H3,(H,13,14);2-5,9H,6,12H2,1H3;1-4,8H,5H2;6H,5H2,1-4H3;2H,1H3;1H4;1H;;1H2/q;;;;;;;;;+1;/p-1/t13-,16-;11-,13+;9-,11+;9-,10+;8-;;;;;;/m00001....../s1. The van der Waals surface area contributed by atoms with Gasteiger partial charge in [-0.3, -0.25) is 14.4 Å². The normalized spacial score (nSPS) is 24.8. The van der Waals surface area contributed by atoms with E-state index < -0.39 is 29.5 Å². The van der Waals surface area contributed by atoms with E-state index in [1.807, 2.05) is 60.6 Å². The van der Waals surface area contributed by atoms with Crippen molar-refractivity contribution in [1.82, 2.24) is 0 Å². The number of aliphatic carboxylic acids is 1. The van der Waals surface area contributed by atoms with E-state index in [-0.39, 0.29) is 152 Å². The third kappa shape index (κ3) is 25.9. The zero-order valence-electron chi connectivity index (χ0n) is 51.6. The summed E-state index contributed by atoms with van der Waals surface area (Å²) in [4.78, 5) is 34.4. The maximum Gasteiger partial charge on any atom is 1.00 e. The van der Waals surface area contributed by atoms with Crippen molar-refractivity contribution < 1.29 is 127 Å². The summed E-state index contributed by atoms with van der Waals surface area (Å²) < 4.78 is 94.8. The molecule has 5 N–H and O–H groups in total. The summed E-state index contributed by atoms with van der Waals surface area (Å²) in [5.74, 6) is -1.31. The van der Waals surface area contributed by atoms with Gasteiger partial charge in [-0.15, -0.1) is 12.4 Å². The molecule has 1 saturated heterocycles. The molecule has 20 heteroatoms. The van der Waals surface area contributed by atoms with Gasteiger partial charge in [0.05, 0.1) is 30.5 Å². The summed E-state index contributed by atoms with van der Waals surface area (Å²) in [6, 6.07) is 32.0. The number of esters is 2. The molecule has 5 aromatic rings. The third-order valence-corrected chi connectivity index (χ3v) is 17.2. The molecular formula is C66H91ClF5KNO11P. The Hall–Kier alpha value is -3.88. The van der Waals surface area contributed by atoms with Crippen molar-refractivity contribution in [3.8, 4) is 0 Å². The molecule has 0 amide bonds. The van der Waals surface area contributed by atoms with Gasteiger partial charge in [0.2, 0.25) is 0 Å². The second-order valence-electron chi connectivity index (χ2n) is 23.9. The van der Waals surface area contributed by atoms with Crippen LogP contribution < -0.4 is 57.1 Å². The van der Waals surface area contributed by atoms with Gasteiger partial charge in [-0.1, -0.05) is 75.0 Å². The Morgan fingerprint density at radius 3 is 1.23 bits per heavy atom. The van der Waals surface area contributed by atoms with Crippen LogP contribution in [0.5, 0.6) is 0 Å². The summed E-state index contributed by atoms with van der Waals surface area (Å²) in [6.45, 7) is 24.2. The number of aliphatic hydroxyl groups is 1. The number of halogens is 6. The molecule has 10 atom stereocenters. The number of carboxylic acids is 1. The van der Waals surface area contributed by atoms with Crippen molar-refractivity contribution in [2.75, 3.05) is 40.3 Å². The minimum absolute atomic E-state index is 0. The van der Waals surface area contributed by atoms with Crippen LogP contribution in [0.4, 0.5) is 22.0 Å². The first-order valence-corrected chi connectivity index (χ1v) is 30.3. The van der Waals surface area contributed by atoms with Gasteiger partial charge in [0.25, 0.3) is 0 Å². The van der Waals surface area contributed by atoms with Crippen LogP contribution in [0.2, 0.25) is 0 Å². The molecule has 0 aromatic heterocycles. The molecule has 1 aliphatic heterocycles. The molecule has 5 aromatic carbocycles. The Balaban J connectivity index is 0.00000101. The van der Waals surface area contributed by atoms with Crippen LogP contribution in [0.3, 0.4) is 0 Å². The van der Waals surface area contributed by atoms with E-state index in [2.05, 4.69) is 6.92 Å². The molecule has 4 saturated carbocycles. The van der Waals surface area contributed by atoms with Crippen LogP contribution in [-0.2, 0) is 37.9 Å². The van der Waals surface area contributed by atoms with Crippen LogP contribution in [0.15, 0.2) is 121 Å². The number of rotatable bonds is 13. The van der Waals surface area contributed by atoms with Gasteiger partial charge in [0, 0.05) is 37.0 Å². The number of hydrogen-bond donors (Lipinski definition) is 3. The zero-order valence-corrected chi connectivity index (χ0v) is 56.4. The molecule has 474 valence electrons. The van der Waals surface area contributed by atoms with Gasteiger partial charge in [0.15, 0.2) is 0 Å². The summed E-state index contributed by atoms with van der Waals surface area (Å²) >= 11 is 0. The van der Waals surface area contributed by atoms with Gasteiger partial charge >= 0.3 is 69.3 Å². The van der Waals surface area contributed by atoms with E-state index in [4.69, 9.17) is 34.9 Å². The Kier molecular flexibility index (Phi) is 33.9. The van der Waals surface area contributed by atoms with Gasteiger partial charge < -0.3 is 44.9 Å². The first-order valence-electron chi connectivity index (χ1n) is 27.7. The fourth-order valence-corrected chi connectivity index (χ4v) is 9.80. The Morgan fingerprint density at radius 1 is 0.628 bits per heavy atom. The summed E-state index contributed by atoms with van der Waals surface area (Å²) in [7, 11) is -0.996. The van der Waals surface area contributed by atoms with Gasteiger partial charge in [0.1, 0.15) is 53.8 Å². The van der Waals surface area contributed by atoms with Gasteiger partial charge in [-0.25, -0.2) is 22.0 Å². The Labute approximate surface area is 555 Å².